The largest absolute Gasteiger partial charge is 0.365 e. The highest BCUT2D eigenvalue weighted by Gasteiger charge is 2.51. The van der Waals surface area contributed by atoms with Crippen LogP contribution in [0.1, 0.15) is 59.8 Å². The van der Waals surface area contributed by atoms with E-state index in [-0.39, 0.29) is 5.60 Å². The molecule has 1 fully saturated rings. The molecule has 0 aliphatic carbocycles. The van der Waals surface area contributed by atoms with Crippen LogP contribution in [0.15, 0.2) is 35.2 Å². The summed E-state index contributed by atoms with van der Waals surface area (Å²) in [5.41, 5.74) is 0.147. The highest BCUT2D eigenvalue weighted by Crippen LogP contribution is 2.43. The maximum atomic E-state index is 6.00. The molecular formula is C20H32OS. The van der Waals surface area contributed by atoms with Gasteiger partial charge in [0.05, 0.1) is 11.7 Å². The minimum Gasteiger partial charge on any atom is -0.365 e. The lowest BCUT2D eigenvalue weighted by atomic mass is 9.91. The van der Waals surface area contributed by atoms with E-state index in [1.54, 1.807) is 0 Å². The Hall–Kier alpha value is -0.470. The Bertz CT molecular complexity index is 431. The van der Waals surface area contributed by atoms with Crippen molar-refractivity contribution in [2.45, 2.75) is 76.4 Å². The topological polar surface area (TPSA) is 12.5 Å². The van der Waals surface area contributed by atoms with Crippen molar-refractivity contribution in [2.75, 3.05) is 5.75 Å². The number of hydrogen-bond donors (Lipinski definition) is 0. The number of hydrogen-bond acceptors (Lipinski definition) is 2. The van der Waals surface area contributed by atoms with Crippen molar-refractivity contribution in [1.82, 2.24) is 0 Å². The summed E-state index contributed by atoms with van der Waals surface area (Å²) in [4.78, 5) is 1.35. The van der Waals surface area contributed by atoms with Crippen LogP contribution in [0.2, 0.25) is 0 Å². The third kappa shape index (κ3) is 5.96. The fourth-order valence-electron chi connectivity index (χ4n) is 2.96. The molecule has 0 aromatic heterocycles. The zero-order chi connectivity index (χ0) is 16.0. The van der Waals surface area contributed by atoms with Gasteiger partial charge in [0.1, 0.15) is 0 Å². The van der Waals surface area contributed by atoms with Crippen LogP contribution < -0.4 is 0 Å². The summed E-state index contributed by atoms with van der Waals surface area (Å²) in [6, 6.07) is 10.6. The molecule has 0 N–H and O–H groups in total. The van der Waals surface area contributed by atoms with E-state index < -0.39 is 0 Å². The van der Waals surface area contributed by atoms with Crippen LogP contribution in [-0.2, 0) is 4.74 Å². The van der Waals surface area contributed by atoms with E-state index >= 15 is 0 Å². The van der Waals surface area contributed by atoms with E-state index in [4.69, 9.17) is 4.74 Å². The van der Waals surface area contributed by atoms with E-state index in [0.717, 1.165) is 17.6 Å². The van der Waals surface area contributed by atoms with Crippen LogP contribution in [0.4, 0.5) is 0 Å². The summed E-state index contributed by atoms with van der Waals surface area (Å²) in [6.45, 7) is 9.33. The molecule has 22 heavy (non-hydrogen) atoms. The minimum atomic E-state index is 0.147. The summed E-state index contributed by atoms with van der Waals surface area (Å²) >= 11 is 1.92. The Morgan fingerprint density at radius 2 is 1.82 bits per heavy atom. The van der Waals surface area contributed by atoms with E-state index in [2.05, 4.69) is 58.0 Å². The average molecular weight is 321 g/mol. The Morgan fingerprint density at radius 1 is 1.09 bits per heavy atom. The smallest absolute Gasteiger partial charge is 0.0964 e. The normalized spacial score (nSPS) is 25.4. The van der Waals surface area contributed by atoms with Crippen LogP contribution in [0.5, 0.6) is 0 Å². The number of benzene rings is 1. The second-order valence-corrected chi connectivity index (χ2v) is 8.61. The number of ether oxygens (including phenoxy) is 1. The molecule has 1 nitrogen and oxygen atoms in total. The molecule has 0 spiro atoms. The first kappa shape index (κ1) is 17.9. The lowest BCUT2D eigenvalue weighted by molar-refractivity contribution is 0.279. The molecule has 1 saturated heterocycles. The maximum absolute atomic E-state index is 6.00. The van der Waals surface area contributed by atoms with Gasteiger partial charge in [-0.1, -0.05) is 58.2 Å². The number of epoxide rings is 1. The lowest BCUT2D eigenvalue weighted by Gasteiger charge is -2.14. The van der Waals surface area contributed by atoms with Crippen molar-refractivity contribution >= 4 is 11.8 Å². The highest BCUT2D eigenvalue weighted by molar-refractivity contribution is 7.99. The monoisotopic (exact) mass is 320 g/mol. The van der Waals surface area contributed by atoms with Crippen molar-refractivity contribution in [1.29, 1.82) is 0 Å². The van der Waals surface area contributed by atoms with E-state index in [9.17, 15) is 0 Å². The molecule has 1 aliphatic heterocycles. The molecule has 1 unspecified atom stereocenters. The molecule has 1 heterocycles. The zero-order valence-electron chi connectivity index (χ0n) is 14.7. The quantitative estimate of drug-likeness (QED) is 0.377. The molecule has 0 bridgehead atoms. The van der Waals surface area contributed by atoms with Crippen LogP contribution in [0.25, 0.3) is 0 Å². The third-order valence-electron chi connectivity index (χ3n) is 4.79. The van der Waals surface area contributed by atoms with Gasteiger partial charge in [0.25, 0.3) is 0 Å². The van der Waals surface area contributed by atoms with Crippen LogP contribution >= 0.6 is 11.8 Å². The molecule has 124 valence electrons. The predicted octanol–water partition coefficient (Wildman–Crippen LogP) is 6.18. The van der Waals surface area contributed by atoms with Gasteiger partial charge >= 0.3 is 0 Å². The second kappa shape index (κ2) is 8.40. The molecule has 2 heteroatoms. The molecule has 0 amide bonds. The minimum absolute atomic E-state index is 0.147. The van der Waals surface area contributed by atoms with Crippen molar-refractivity contribution in [3.05, 3.63) is 30.3 Å². The fourth-order valence-corrected chi connectivity index (χ4v) is 4.08. The summed E-state index contributed by atoms with van der Waals surface area (Å²) < 4.78 is 6.00. The third-order valence-corrected chi connectivity index (χ3v) is 5.87. The van der Waals surface area contributed by atoms with Gasteiger partial charge in [-0.05, 0) is 43.7 Å². The van der Waals surface area contributed by atoms with Gasteiger partial charge < -0.3 is 4.74 Å². The molecule has 2 rings (SSSR count). The van der Waals surface area contributed by atoms with Gasteiger partial charge in [-0.2, -0.15) is 0 Å². The standard InChI is InChI=1S/C20H32OS/c1-16(2)9-8-10-17(3)13-14-20(4)19(21-20)15-22-18-11-6-5-7-12-18/h5-7,11-12,16-17,19H,8-10,13-15H2,1-4H3/t17?,19-,20-/m0/s1. The van der Waals surface area contributed by atoms with Crippen molar-refractivity contribution in [3.63, 3.8) is 0 Å². The molecule has 0 saturated carbocycles. The Morgan fingerprint density at radius 3 is 2.50 bits per heavy atom. The fraction of sp³-hybridized carbons (Fsp3) is 0.700. The van der Waals surface area contributed by atoms with Crippen molar-refractivity contribution in [3.8, 4) is 0 Å². The SMILES string of the molecule is CC(C)CCCC(C)CC[C@]1(C)O[C@H]1CSc1ccccc1. The number of rotatable bonds is 10. The maximum Gasteiger partial charge on any atom is 0.0964 e. The first-order valence-electron chi connectivity index (χ1n) is 8.85. The second-order valence-electron chi connectivity index (χ2n) is 7.51. The zero-order valence-corrected chi connectivity index (χ0v) is 15.5. The molecule has 1 aromatic rings. The molecule has 0 radical (unpaired) electrons. The van der Waals surface area contributed by atoms with E-state index in [1.165, 1.54) is 37.0 Å². The van der Waals surface area contributed by atoms with Gasteiger partial charge in [0.15, 0.2) is 0 Å². The lowest BCUT2D eigenvalue weighted by Crippen LogP contribution is -2.13. The molecule has 1 aromatic carbocycles. The average Bonchev–Trinajstić information content (AvgIpc) is 3.15. The van der Waals surface area contributed by atoms with Crippen molar-refractivity contribution < 1.29 is 4.74 Å². The van der Waals surface area contributed by atoms with E-state index in [1.807, 2.05) is 11.8 Å². The first-order valence-corrected chi connectivity index (χ1v) is 9.84. The Labute approximate surface area is 141 Å². The van der Waals surface area contributed by atoms with E-state index in [0.29, 0.717) is 6.10 Å². The Balaban J connectivity index is 1.60. The molecule has 3 atom stereocenters. The summed E-state index contributed by atoms with van der Waals surface area (Å²) in [5.74, 6) is 2.76. The van der Waals surface area contributed by atoms with Gasteiger partial charge in [0, 0.05) is 10.6 Å². The van der Waals surface area contributed by atoms with Crippen LogP contribution in [0.3, 0.4) is 0 Å². The number of thioether (sulfide) groups is 1. The predicted molar refractivity (Wildman–Crippen MR) is 97.5 cm³/mol. The Kier molecular flexibility index (Phi) is 6.83. The van der Waals surface area contributed by atoms with Crippen LogP contribution in [0, 0.1) is 11.8 Å². The van der Waals surface area contributed by atoms with Crippen molar-refractivity contribution in [2.24, 2.45) is 11.8 Å². The summed E-state index contributed by atoms with van der Waals surface area (Å²) in [5, 5.41) is 0. The molecular weight excluding hydrogens is 288 g/mol. The summed E-state index contributed by atoms with van der Waals surface area (Å²) in [7, 11) is 0. The molecule has 1 aliphatic rings. The van der Waals surface area contributed by atoms with Gasteiger partial charge in [-0.25, -0.2) is 0 Å². The van der Waals surface area contributed by atoms with Gasteiger partial charge in [-0.3, -0.25) is 0 Å². The summed E-state index contributed by atoms with van der Waals surface area (Å²) in [6.07, 6.45) is 7.09. The first-order chi connectivity index (χ1) is 10.5. The van der Waals surface area contributed by atoms with Crippen LogP contribution in [-0.4, -0.2) is 17.5 Å². The van der Waals surface area contributed by atoms with Gasteiger partial charge in [-0.15, -0.1) is 11.8 Å². The highest BCUT2D eigenvalue weighted by atomic mass is 32.2. The van der Waals surface area contributed by atoms with Gasteiger partial charge in [0.2, 0.25) is 0 Å².